The Labute approximate surface area is 123 Å². The Morgan fingerprint density at radius 3 is 1.95 bits per heavy atom. The summed E-state index contributed by atoms with van der Waals surface area (Å²) < 4.78 is 18.1. The van der Waals surface area contributed by atoms with Crippen LogP contribution in [0, 0.1) is 0 Å². The largest absolute Gasteiger partial charge is 0.289 e. The van der Waals surface area contributed by atoms with Crippen LogP contribution in [0.15, 0.2) is 0 Å². The molecule has 3 nitrogen and oxygen atoms in total. The molecular formula is C14H28ClN2OP. The second-order valence-electron chi connectivity index (χ2n) is 5.91. The van der Waals surface area contributed by atoms with Crippen LogP contribution in [0.1, 0.15) is 51.9 Å². The minimum Gasteiger partial charge on any atom is -0.289 e. The molecule has 0 unspecified atom stereocenters. The molecule has 0 aromatic rings. The molecule has 2 heterocycles. The van der Waals surface area contributed by atoms with Crippen LogP contribution in [-0.4, -0.2) is 47.1 Å². The van der Waals surface area contributed by atoms with Crippen molar-refractivity contribution in [1.82, 2.24) is 9.34 Å². The highest BCUT2D eigenvalue weighted by Gasteiger charge is 2.40. The van der Waals surface area contributed by atoms with Crippen molar-refractivity contribution in [2.45, 2.75) is 57.2 Å². The molecule has 2 rings (SSSR count). The molecule has 0 aromatic heterocycles. The normalized spacial score (nSPS) is 24.1. The summed E-state index contributed by atoms with van der Waals surface area (Å²) in [6.45, 7) is 6.21. The summed E-state index contributed by atoms with van der Waals surface area (Å²) in [6.07, 6.45) is 8.78. The van der Waals surface area contributed by atoms with Gasteiger partial charge < -0.3 is 0 Å². The average Bonchev–Trinajstić information content (AvgIpc) is 3.07. The number of rotatable bonds is 7. The van der Waals surface area contributed by atoms with E-state index >= 15 is 0 Å². The molecule has 112 valence electrons. The van der Waals surface area contributed by atoms with Crippen LogP contribution in [0.3, 0.4) is 0 Å². The lowest BCUT2D eigenvalue weighted by molar-refractivity contribution is 0.391. The highest BCUT2D eigenvalue weighted by Crippen LogP contribution is 2.57. The van der Waals surface area contributed by atoms with Gasteiger partial charge in [-0.1, -0.05) is 19.8 Å². The van der Waals surface area contributed by atoms with Gasteiger partial charge in [0.25, 0.3) is 0 Å². The first kappa shape index (κ1) is 15.8. The van der Waals surface area contributed by atoms with Gasteiger partial charge in [0.1, 0.15) is 0 Å². The summed E-state index contributed by atoms with van der Waals surface area (Å²) in [4.78, 5) is 0. The Hall–Kier alpha value is 0.440. The molecule has 0 radical (unpaired) electrons. The molecule has 0 bridgehead atoms. The quantitative estimate of drug-likeness (QED) is 0.521. The molecular weight excluding hydrogens is 279 g/mol. The molecule has 19 heavy (non-hydrogen) atoms. The number of hydrogen-bond donors (Lipinski definition) is 0. The second kappa shape index (κ2) is 7.45. The Morgan fingerprint density at radius 1 is 1.05 bits per heavy atom. The second-order valence-corrected chi connectivity index (χ2v) is 9.35. The van der Waals surface area contributed by atoms with Crippen molar-refractivity contribution >= 4 is 19.0 Å². The molecule has 2 saturated heterocycles. The van der Waals surface area contributed by atoms with E-state index in [9.17, 15) is 4.57 Å². The van der Waals surface area contributed by atoms with Crippen LogP contribution in [0.2, 0.25) is 0 Å². The maximum atomic E-state index is 13.6. The Kier molecular flexibility index (Phi) is 6.20. The van der Waals surface area contributed by atoms with Gasteiger partial charge in [-0.05, 0) is 32.1 Å². The van der Waals surface area contributed by atoms with Crippen molar-refractivity contribution in [3.8, 4) is 0 Å². The summed E-state index contributed by atoms with van der Waals surface area (Å²) in [6, 6.07) is 0. The predicted octanol–water partition coefficient (Wildman–Crippen LogP) is 4.17. The molecule has 2 fully saturated rings. The minimum atomic E-state index is -2.38. The van der Waals surface area contributed by atoms with E-state index in [1.807, 2.05) is 0 Å². The number of nitrogens with zero attached hydrogens (tertiary/aromatic N) is 2. The van der Waals surface area contributed by atoms with Gasteiger partial charge in [-0.2, -0.15) is 0 Å². The van der Waals surface area contributed by atoms with Crippen LogP contribution in [0.4, 0.5) is 0 Å². The zero-order valence-corrected chi connectivity index (χ0v) is 13.8. The van der Waals surface area contributed by atoms with Gasteiger partial charge >= 0.3 is 0 Å². The van der Waals surface area contributed by atoms with Gasteiger partial charge in [0.15, 0.2) is 0 Å². The van der Waals surface area contributed by atoms with Gasteiger partial charge in [0.2, 0.25) is 7.44 Å². The van der Waals surface area contributed by atoms with E-state index in [2.05, 4.69) is 16.3 Å². The van der Waals surface area contributed by atoms with Crippen molar-refractivity contribution in [3.63, 3.8) is 0 Å². The van der Waals surface area contributed by atoms with Crippen molar-refractivity contribution in [2.24, 2.45) is 0 Å². The van der Waals surface area contributed by atoms with E-state index in [0.717, 1.165) is 39.0 Å². The third-order valence-electron chi connectivity index (χ3n) is 4.36. The molecule has 1 atom stereocenters. The van der Waals surface area contributed by atoms with Crippen molar-refractivity contribution in [1.29, 1.82) is 0 Å². The van der Waals surface area contributed by atoms with E-state index < -0.39 is 7.44 Å². The van der Waals surface area contributed by atoms with E-state index in [4.69, 9.17) is 11.6 Å². The molecule has 0 aliphatic carbocycles. The van der Waals surface area contributed by atoms with E-state index in [1.54, 1.807) is 0 Å². The zero-order valence-electron chi connectivity index (χ0n) is 12.2. The molecule has 0 N–H and O–H groups in total. The van der Waals surface area contributed by atoms with Crippen LogP contribution in [-0.2, 0) is 4.57 Å². The number of halogens is 1. The highest BCUT2D eigenvalue weighted by molar-refractivity contribution is 7.59. The SMILES string of the molecule is CCCC[C@@H](Cl)CP(=O)(N1CCCC1)N1CCCC1. The molecule has 0 spiro atoms. The third kappa shape index (κ3) is 3.97. The van der Waals surface area contributed by atoms with Crippen LogP contribution < -0.4 is 0 Å². The third-order valence-corrected chi connectivity index (χ3v) is 8.43. The molecule has 2 aliphatic heterocycles. The molecule has 0 amide bonds. The van der Waals surface area contributed by atoms with Crippen molar-refractivity contribution < 1.29 is 4.57 Å². The molecule has 5 heteroatoms. The summed E-state index contributed by atoms with van der Waals surface area (Å²) in [5, 5.41) is 0.0759. The highest BCUT2D eigenvalue weighted by atomic mass is 35.5. The molecule has 2 aliphatic rings. The summed E-state index contributed by atoms with van der Waals surface area (Å²) in [5.74, 6) is 0. The summed E-state index contributed by atoms with van der Waals surface area (Å²) in [5.41, 5.74) is 0. The first-order chi connectivity index (χ1) is 9.16. The lowest BCUT2D eigenvalue weighted by Crippen LogP contribution is -2.32. The topological polar surface area (TPSA) is 23.6 Å². The fourth-order valence-corrected chi connectivity index (χ4v) is 7.24. The maximum Gasteiger partial charge on any atom is 0.217 e. The Balaban J connectivity index is 2.02. The number of hydrogen-bond acceptors (Lipinski definition) is 1. The van der Waals surface area contributed by atoms with E-state index in [0.29, 0.717) is 6.16 Å². The monoisotopic (exact) mass is 306 g/mol. The first-order valence-electron chi connectivity index (χ1n) is 7.91. The maximum absolute atomic E-state index is 13.6. The van der Waals surface area contributed by atoms with Gasteiger partial charge in [-0.15, -0.1) is 11.6 Å². The molecule has 0 saturated carbocycles. The van der Waals surface area contributed by atoms with Crippen molar-refractivity contribution in [3.05, 3.63) is 0 Å². The fourth-order valence-electron chi connectivity index (χ4n) is 3.21. The smallest absolute Gasteiger partial charge is 0.217 e. The first-order valence-corrected chi connectivity index (χ1v) is 10.1. The van der Waals surface area contributed by atoms with Gasteiger partial charge in [-0.25, -0.2) is 9.34 Å². The Morgan fingerprint density at radius 2 is 1.53 bits per heavy atom. The van der Waals surface area contributed by atoms with Crippen LogP contribution in [0.25, 0.3) is 0 Å². The predicted molar refractivity (Wildman–Crippen MR) is 83.3 cm³/mol. The standard InChI is InChI=1S/C14H28ClN2OP/c1-2-3-8-14(15)13-19(18,16-9-4-5-10-16)17-11-6-7-12-17/h14H,2-13H2,1H3/t14-/m1/s1. The minimum absolute atomic E-state index is 0.0759. The van der Waals surface area contributed by atoms with Gasteiger partial charge in [-0.3, -0.25) is 4.57 Å². The van der Waals surface area contributed by atoms with Gasteiger partial charge in [0, 0.05) is 37.7 Å². The lowest BCUT2D eigenvalue weighted by atomic mass is 10.2. The summed E-state index contributed by atoms with van der Waals surface area (Å²) in [7, 11) is -2.38. The number of alkyl halides is 1. The summed E-state index contributed by atoms with van der Waals surface area (Å²) >= 11 is 6.48. The zero-order chi connectivity index (χ0) is 13.7. The van der Waals surface area contributed by atoms with Gasteiger partial charge in [0.05, 0.1) is 0 Å². The molecule has 0 aromatic carbocycles. The number of unbranched alkanes of at least 4 members (excludes halogenated alkanes) is 1. The van der Waals surface area contributed by atoms with Crippen molar-refractivity contribution in [2.75, 3.05) is 32.3 Å². The lowest BCUT2D eigenvalue weighted by Gasteiger charge is -2.36. The van der Waals surface area contributed by atoms with Crippen LogP contribution in [0.5, 0.6) is 0 Å². The fraction of sp³-hybridized carbons (Fsp3) is 1.00. The Bertz CT molecular complexity index is 295. The average molecular weight is 307 g/mol. The van der Waals surface area contributed by atoms with Crippen LogP contribution >= 0.6 is 19.0 Å². The van der Waals surface area contributed by atoms with E-state index in [-0.39, 0.29) is 5.38 Å². The van der Waals surface area contributed by atoms with E-state index in [1.165, 1.54) is 32.1 Å².